The van der Waals surface area contributed by atoms with Crippen LogP contribution in [0.3, 0.4) is 0 Å². The molecule has 1 aromatic carbocycles. The summed E-state index contributed by atoms with van der Waals surface area (Å²) in [6.07, 6.45) is 3.92. The topological polar surface area (TPSA) is 84.2 Å². The summed E-state index contributed by atoms with van der Waals surface area (Å²) in [6.45, 7) is 3.00. The van der Waals surface area contributed by atoms with Crippen molar-refractivity contribution in [2.75, 3.05) is 13.1 Å². The quantitative estimate of drug-likeness (QED) is 0.626. The van der Waals surface area contributed by atoms with E-state index in [0.29, 0.717) is 13.1 Å². The Labute approximate surface area is 150 Å². The summed E-state index contributed by atoms with van der Waals surface area (Å²) in [5.41, 5.74) is 7.11. The minimum Gasteiger partial charge on any atom is -0.356 e. The van der Waals surface area contributed by atoms with Gasteiger partial charge in [-0.25, -0.2) is 0 Å². The lowest BCUT2D eigenvalue weighted by molar-refractivity contribution is -0.127. The molecule has 1 fully saturated rings. The zero-order valence-corrected chi connectivity index (χ0v) is 15.0. The number of hydrogen-bond donors (Lipinski definition) is 3. The summed E-state index contributed by atoms with van der Waals surface area (Å²) in [6, 6.07) is 9.33. The highest BCUT2D eigenvalue weighted by molar-refractivity contribution is 5.85. The maximum Gasteiger partial charge on any atom is 0.224 e. The summed E-state index contributed by atoms with van der Waals surface area (Å²) in [7, 11) is 0. The van der Waals surface area contributed by atoms with Crippen LogP contribution in [-0.4, -0.2) is 24.9 Å². The van der Waals surface area contributed by atoms with Crippen molar-refractivity contribution in [1.82, 2.24) is 10.6 Å². The Kier molecular flexibility index (Phi) is 8.79. The molecule has 0 aromatic heterocycles. The monoisotopic (exact) mass is 353 g/mol. The molecule has 1 saturated carbocycles. The van der Waals surface area contributed by atoms with Gasteiger partial charge in [-0.1, -0.05) is 43.7 Å². The fraction of sp³-hybridized carbons (Fsp3) is 0.556. The largest absolute Gasteiger partial charge is 0.356 e. The summed E-state index contributed by atoms with van der Waals surface area (Å²) in [5.74, 6) is 0.0316. The highest BCUT2D eigenvalue weighted by atomic mass is 35.5. The van der Waals surface area contributed by atoms with Gasteiger partial charge in [-0.2, -0.15) is 0 Å². The zero-order valence-electron chi connectivity index (χ0n) is 14.2. The van der Waals surface area contributed by atoms with Crippen LogP contribution in [0, 0.1) is 11.8 Å². The number of rotatable bonds is 8. The van der Waals surface area contributed by atoms with Crippen LogP contribution in [0.4, 0.5) is 0 Å². The first-order valence-corrected chi connectivity index (χ1v) is 8.45. The van der Waals surface area contributed by atoms with Crippen LogP contribution in [-0.2, 0) is 9.59 Å². The lowest BCUT2D eigenvalue weighted by Gasteiger charge is -2.24. The van der Waals surface area contributed by atoms with Crippen molar-refractivity contribution in [1.29, 1.82) is 0 Å². The van der Waals surface area contributed by atoms with E-state index in [1.54, 1.807) is 0 Å². The summed E-state index contributed by atoms with van der Waals surface area (Å²) in [5, 5.41) is 5.82. The van der Waals surface area contributed by atoms with E-state index in [1.807, 2.05) is 37.3 Å². The highest BCUT2D eigenvalue weighted by Crippen LogP contribution is 2.26. The Balaban J connectivity index is 0.00000288. The normalized spacial score (nSPS) is 16.2. The smallest absolute Gasteiger partial charge is 0.224 e. The molecule has 0 radical (unpaired) electrons. The minimum absolute atomic E-state index is 0. The molecule has 2 unspecified atom stereocenters. The second-order valence-corrected chi connectivity index (χ2v) is 6.29. The maximum atomic E-state index is 12.1. The number of nitrogens with one attached hydrogen (secondary N) is 2. The molecule has 1 aliphatic rings. The Morgan fingerprint density at radius 3 is 2.38 bits per heavy atom. The summed E-state index contributed by atoms with van der Waals surface area (Å²) in [4.78, 5) is 23.8. The Morgan fingerprint density at radius 1 is 1.17 bits per heavy atom. The van der Waals surface area contributed by atoms with Gasteiger partial charge in [-0.15, -0.1) is 12.4 Å². The van der Waals surface area contributed by atoms with Gasteiger partial charge in [0.1, 0.15) is 0 Å². The third-order valence-corrected chi connectivity index (χ3v) is 4.56. The van der Waals surface area contributed by atoms with Gasteiger partial charge in [0.25, 0.3) is 0 Å². The first-order valence-electron chi connectivity index (χ1n) is 8.45. The van der Waals surface area contributed by atoms with Crippen LogP contribution in [0.1, 0.15) is 44.2 Å². The second-order valence-electron chi connectivity index (χ2n) is 6.29. The van der Waals surface area contributed by atoms with E-state index in [9.17, 15) is 9.59 Å². The van der Waals surface area contributed by atoms with E-state index in [0.717, 1.165) is 31.2 Å². The molecule has 0 spiro atoms. The van der Waals surface area contributed by atoms with Gasteiger partial charge in [0, 0.05) is 25.0 Å². The van der Waals surface area contributed by atoms with Crippen molar-refractivity contribution in [2.45, 2.75) is 38.6 Å². The van der Waals surface area contributed by atoms with Crippen molar-refractivity contribution >= 4 is 24.2 Å². The average Bonchev–Trinajstić information content (AvgIpc) is 2.52. The van der Waals surface area contributed by atoms with Crippen molar-refractivity contribution in [3.05, 3.63) is 35.9 Å². The Hall–Kier alpha value is -1.59. The number of nitrogens with two attached hydrogens (primary N) is 1. The summed E-state index contributed by atoms with van der Waals surface area (Å²) < 4.78 is 0. The van der Waals surface area contributed by atoms with Crippen molar-refractivity contribution in [3.8, 4) is 0 Å². The standard InChI is InChI=1S/C18H27N3O2.ClH/c1-13(16(19)14-7-3-2-4-8-14)17(22)20-11-6-12-21-18(23)15-9-5-10-15;/h2-4,7-8,13,15-16H,5-6,9-12,19H2,1H3,(H,20,22)(H,21,23);1H. The van der Waals surface area contributed by atoms with Crippen molar-refractivity contribution < 1.29 is 9.59 Å². The van der Waals surface area contributed by atoms with Gasteiger partial charge in [0.05, 0.1) is 5.92 Å². The van der Waals surface area contributed by atoms with Crippen molar-refractivity contribution in [3.63, 3.8) is 0 Å². The molecule has 4 N–H and O–H groups in total. The molecule has 0 aliphatic heterocycles. The highest BCUT2D eigenvalue weighted by Gasteiger charge is 2.24. The molecular weight excluding hydrogens is 326 g/mol. The molecule has 5 nitrogen and oxygen atoms in total. The lowest BCUT2D eigenvalue weighted by Crippen LogP contribution is -2.38. The number of carbonyl (C=O) groups excluding carboxylic acids is 2. The Morgan fingerprint density at radius 2 is 1.79 bits per heavy atom. The SMILES string of the molecule is CC(C(=O)NCCCNC(=O)C1CCC1)C(N)c1ccccc1.Cl. The van der Waals surface area contributed by atoms with Crippen LogP contribution in [0.2, 0.25) is 0 Å². The molecule has 0 heterocycles. The fourth-order valence-electron chi connectivity index (χ4n) is 2.61. The minimum atomic E-state index is -0.311. The molecule has 2 rings (SSSR count). The molecule has 1 aliphatic carbocycles. The van der Waals surface area contributed by atoms with Crippen LogP contribution in [0.5, 0.6) is 0 Å². The van der Waals surface area contributed by atoms with Crippen LogP contribution >= 0.6 is 12.4 Å². The first kappa shape index (κ1) is 20.5. The molecule has 0 saturated heterocycles. The van der Waals surface area contributed by atoms with Gasteiger partial charge in [-0.3, -0.25) is 9.59 Å². The van der Waals surface area contributed by atoms with E-state index in [-0.39, 0.29) is 42.1 Å². The molecule has 134 valence electrons. The fourth-order valence-corrected chi connectivity index (χ4v) is 2.61. The predicted molar refractivity (Wildman–Crippen MR) is 97.8 cm³/mol. The third kappa shape index (κ3) is 5.80. The molecule has 2 atom stereocenters. The molecule has 2 amide bonds. The van der Waals surface area contributed by atoms with Gasteiger partial charge in [-0.05, 0) is 24.8 Å². The Bertz CT molecular complexity index is 520. The van der Waals surface area contributed by atoms with E-state index in [2.05, 4.69) is 10.6 Å². The van der Waals surface area contributed by atoms with Gasteiger partial charge >= 0.3 is 0 Å². The molecular formula is C18H28ClN3O2. The maximum absolute atomic E-state index is 12.1. The molecule has 0 bridgehead atoms. The number of halogens is 1. The molecule has 1 aromatic rings. The first-order chi connectivity index (χ1) is 11.1. The van der Waals surface area contributed by atoms with E-state index >= 15 is 0 Å². The van der Waals surface area contributed by atoms with Crippen LogP contribution < -0.4 is 16.4 Å². The second kappa shape index (κ2) is 10.3. The number of amides is 2. The van der Waals surface area contributed by atoms with Crippen LogP contribution in [0.25, 0.3) is 0 Å². The average molecular weight is 354 g/mol. The molecule has 24 heavy (non-hydrogen) atoms. The molecule has 6 heteroatoms. The van der Waals surface area contributed by atoms with Gasteiger partial charge < -0.3 is 16.4 Å². The van der Waals surface area contributed by atoms with E-state index in [1.165, 1.54) is 0 Å². The number of hydrogen-bond acceptors (Lipinski definition) is 3. The van der Waals surface area contributed by atoms with Crippen LogP contribution in [0.15, 0.2) is 30.3 Å². The number of carbonyl (C=O) groups is 2. The van der Waals surface area contributed by atoms with E-state index < -0.39 is 0 Å². The van der Waals surface area contributed by atoms with E-state index in [4.69, 9.17) is 5.73 Å². The van der Waals surface area contributed by atoms with Crippen molar-refractivity contribution in [2.24, 2.45) is 17.6 Å². The van der Waals surface area contributed by atoms with Gasteiger partial charge in [0.15, 0.2) is 0 Å². The summed E-state index contributed by atoms with van der Waals surface area (Å²) >= 11 is 0. The zero-order chi connectivity index (χ0) is 16.7. The van der Waals surface area contributed by atoms with Gasteiger partial charge in [0.2, 0.25) is 11.8 Å². The number of benzene rings is 1. The lowest BCUT2D eigenvalue weighted by atomic mass is 9.85. The third-order valence-electron chi connectivity index (χ3n) is 4.56. The predicted octanol–water partition coefficient (Wildman–Crippen LogP) is 2.17.